The summed E-state index contributed by atoms with van der Waals surface area (Å²) in [5.41, 5.74) is 1.20. The SMILES string of the molecule is CC(C)(C)C(C(=O)NO)N(c1ccc2ccccc2c1)S(=O)[O-]. The largest absolute Gasteiger partial charge is 0.755 e. The molecule has 0 aliphatic rings. The van der Waals surface area contributed by atoms with Gasteiger partial charge < -0.3 is 4.55 Å². The highest BCUT2D eigenvalue weighted by molar-refractivity contribution is 7.80. The third-order valence-electron chi connectivity index (χ3n) is 3.56. The molecule has 2 unspecified atom stereocenters. The van der Waals surface area contributed by atoms with Gasteiger partial charge in [0.2, 0.25) is 0 Å². The summed E-state index contributed by atoms with van der Waals surface area (Å²) >= 11 is -2.68. The standard InChI is InChI=1S/C16H20N2O4S/c1-16(2,3)14(15(19)17-20)18(23(21)22)13-9-8-11-6-4-5-7-12(11)10-13/h4-10,14,20H,1-3H3,(H,17,19)(H,21,22)/p-1. The van der Waals surface area contributed by atoms with E-state index in [1.807, 2.05) is 24.3 Å². The van der Waals surface area contributed by atoms with Crippen LogP contribution in [0.5, 0.6) is 0 Å². The van der Waals surface area contributed by atoms with E-state index < -0.39 is 28.6 Å². The molecule has 0 aliphatic carbocycles. The van der Waals surface area contributed by atoms with E-state index in [4.69, 9.17) is 5.21 Å². The van der Waals surface area contributed by atoms with Crippen molar-refractivity contribution in [1.82, 2.24) is 5.48 Å². The maximum Gasteiger partial charge on any atom is 0.267 e. The lowest BCUT2D eigenvalue weighted by atomic mass is 9.86. The molecule has 7 heteroatoms. The normalized spacial score (nSPS) is 14.3. The number of rotatable bonds is 4. The van der Waals surface area contributed by atoms with Crippen molar-refractivity contribution < 1.29 is 18.8 Å². The van der Waals surface area contributed by atoms with Gasteiger partial charge >= 0.3 is 0 Å². The minimum Gasteiger partial charge on any atom is -0.755 e. The van der Waals surface area contributed by atoms with Crippen molar-refractivity contribution in [2.45, 2.75) is 26.8 Å². The lowest BCUT2D eigenvalue weighted by molar-refractivity contribution is -0.132. The smallest absolute Gasteiger partial charge is 0.267 e. The minimum absolute atomic E-state index is 0.362. The maximum atomic E-state index is 12.1. The first-order chi connectivity index (χ1) is 10.8. The van der Waals surface area contributed by atoms with Gasteiger partial charge in [0.05, 0.1) is 0 Å². The van der Waals surface area contributed by atoms with E-state index in [1.165, 1.54) is 0 Å². The molecule has 124 valence electrons. The number of carbonyl (C=O) groups excluding carboxylic acids is 1. The first kappa shape index (κ1) is 17.4. The van der Waals surface area contributed by atoms with Crippen molar-refractivity contribution in [3.05, 3.63) is 42.5 Å². The Morgan fingerprint density at radius 3 is 2.35 bits per heavy atom. The van der Waals surface area contributed by atoms with E-state index in [0.29, 0.717) is 5.69 Å². The first-order valence-corrected chi connectivity index (χ1v) is 8.10. The Kier molecular flexibility index (Phi) is 5.03. The molecule has 2 atom stereocenters. The van der Waals surface area contributed by atoms with Crippen molar-refractivity contribution >= 4 is 33.6 Å². The molecular formula is C16H19N2O4S-. The lowest BCUT2D eigenvalue weighted by Gasteiger charge is -2.40. The summed E-state index contributed by atoms with van der Waals surface area (Å²) in [4.78, 5) is 12.1. The number of hydrogen-bond donors (Lipinski definition) is 2. The van der Waals surface area contributed by atoms with Crippen LogP contribution in [0.3, 0.4) is 0 Å². The second-order valence-electron chi connectivity index (χ2n) is 6.32. The first-order valence-electron chi connectivity index (χ1n) is 7.07. The Hall–Kier alpha value is -1.96. The van der Waals surface area contributed by atoms with E-state index in [0.717, 1.165) is 15.1 Å². The van der Waals surface area contributed by atoms with Crippen LogP contribution in [0.4, 0.5) is 5.69 Å². The van der Waals surface area contributed by atoms with E-state index in [1.54, 1.807) is 44.5 Å². The van der Waals surface area contributed by atoms with Gasteiger partial charge in [-0.25, -0.2) is 5.48 Å². The highest BCUT2D eigenvalue weighted by atomic mass is 32.2. The highest BCUT2D eigenvalue weighted by Crippen LogP contribution is 2.31. The van der Waals surface area contributed by atoms with Crippen molar-refractivity contribution in [3.8, 4) is 0 Å². The quantitative estimate of drug-likeness (QED) is 0.509. The van der Waals surface area contributed by atoms with E-state index >= 15 is 0 Å². The molecule has 0 saturated carbocycles. The fourth-order valence-electron chi connectivity index (χ4n) is 2.55. The van der Waals surface area contributed by atoms with Crippen molar-refractivity contribution in [1.29, 1.82) is 0 Å². The van der Waals surface area contributed by atoms with Gasteiger partial charge in [0.15, 0.2) is 0 Å². The number of anilines is 1. The van der Waals surface area contributed by atoms with Crippen molar-refractivity contribution in [2.24, 2.45) is 5.41 Å². The topological polar surface area (TPSA) is 92.7 Å². The van der Waals surface area contributed by atoms with Gasteiger partial charge in [-0.3, -0.25) is 18.5 Å². The van der Waals surface area contributed by atoms with E-state index in [9.17, 15) is 13.6 Å². The number of benzene rings is 2. The molecule has 1 amide bonds. The number of nitrogens with zero attached hydrogens (tertiary/aromatic N) is 1. The van der Waals surface area contributed by atoms with Crippen LogP contribution in [-0.2, 0) is 16.1 Å². The molecule has 0 radical (unpaired) electrons. The number of hydrogen-bond acceptors (Lipinski definition) is 4. The summed E-state index contributed by atoms with van der Waals surface area (Å²) in [5.74, 6) is -0.783. The van der Waals surface area contributed by atoms with Crippen LogP contribution >= 0.6 is 0 Å². The molecule has 0 fully saturated rings. The Bertz CT molecular complexity index is 742. The molecule has 0 heterocycles. The van der Waals surface area contributed by atoms with Gasteiger partial charge in [0.1, 0.15) is 6.04 Å². The summed E-state index contributed by atoms with van der Waals surface area (Å²) in [6.45, 7) is 5.19. The zero-order chi connectivity index (χ0) is 17.2. The van der Waals surface area contributed by atoms with Crippen LogP contribution in [0.1, 0.15) is 20.8 Å². The molecule has 0 spiro atoms. The van der Waals surface area contributed by atoms with Gasteiger partial charge in [-0.1, -0.05) is 51.1 Å². The molecular weight excluding hydrogens is 316 g/mol. The molecule has 0 saturated heterocycles. The molecule has 0 aliphatic heterocycles. The third kappa shape index (κ3) is 3.69. The van der Waals surface area contributed by atoms with E-state index in [-0.39, 0.29) is 0 Å². The Morgan fingerprint density at radius 2 is 1.83 bits per heavy atom. The molecule has 0 aromatic heterocycles. The second kappa shape index (κ2) is 6.66. The summed E-state index contributed by atoms with van der Waals surface area (Å²) in [5, 5.41) is 10.8. The molecule has 2 rings (SSSR count). The molecule has 2 aromatic carbocycles. The zero-order valence-electron chi connectivity index (χ0n) is 13.1. The number of carbonyl (C=O) groups is 1. The molecule has 2 N–H and O–H groups in total. The van der Waals surface area contributed by atoms with Crippen LogP contribution in [0.2, 0.25) is 0 Å². The average molecular weight is 335 g/mol. The van der Waals surface area contributed by atoms with Crippen LogP contribution in [0.25, 0.3) is 10.8 Å². The number of fused-ring (bicyclic) bond motifs is 1. The van der Waals surface area contributed by atoms with Gasteiger partial charge in [0.25, 0.3) is 5.91 Å². The van der Waals surface area contributed by atoms with Crippen molar-refractivity contribution in [3.63, 3.8) is 0 Å². The lowest BCUT2D eigenvalue weighted by Crippen LogP contribution is -2.54. The predicted octanol–water partition coefficient (Wildman–Crippen LogP) is 2.36. The number of hydroxylamine groups is 1. The third-order valence-corrected chi connectivity index (χ3v) is 4.30. The molecule has 2 aromatic rings. The highest BCUT2D eigenvalue weighted by Gasteiger charge is 2.37. The molecule has 6 nitrogen and oxygen atoms in total. The van der Waals surface area contributed by atoms with Gasteiger partial charge in [-0.15, -0.1) is 0 Å². The van der Waals surface area contributed by atoms with Gasteiger partial charge in [-0.2, -0.15) is 0 Å². The van der Waals surface area contributed by atoms with Crippen molar-refractivity contribution in [2.75, 3.05) is 4.31 Å². The number of nitrogens with one attached hydrogen (secondary N) is 1. The Morgan fingerprint density at radius 1 is 1.22 bits per heavy atom. The fraction of sp³-hybridized carbons (Fsp3) is 0.312. The maximum absolute atomic E-state index is 12.1. The monoisotopic (exact) mass is 335 g/mol. The van der Waals surface area contributed by atoms with Crippen LogP contribution in [0, 0.1) is 5.41 Å². The van der Waals surface area contributed by atoms with Crippen LogP contribution in [-0.4, -0.2) is 25.9 Å². The average Bonchev–Trinajstić information content (AvgIpc) is 2.49. The molecule has 0 bridgehead atoms. The fourth-order valence-corrected chi connectivity index (χ4v) is 3.42. The van der Waals surface area contributed by atoms with Crippen LogP contribution < -0.4 is 9.79 Å². The van der Waals surface area contributed by atoms with Gasteiger partial charge in [0, 0.05) is 17.0 Å². The van der Waals surface area contributed by atoms with E-state index in [2.05, 4.69) is 0 Å². The van der Waals surface area contributed by atoms with Crippen LogP contribution in [0.15, 0.2) is 42.5 Å². The summed E-state index contributed by atoms with van der Waals surface area (Å²) in [6.07, 6.45) is 0. The predicted molar refractivity (Wildman–Crippen MR) is 88.5 cm³/mol. The zero-order valence-corrected chi connectivity index (χ0v) is 14.0. The Labute approximate surface area is 137 Å². The molecule has 23 heavy (non-hydrogen) atoms. The summed E-state index contributed by atoms with van der Waals surface area (Å²) in [7, 11) is 0. The summed E-state index contributed by atoms with van der Waals surface area (Å²) in [6, 6.07) is 11.6. The Balaban J connectivity index is 2.58. The number of amides is 1. The second-order valence-corrected chi connectivity index (χ2v) is 7.15. The minimum atomic E-state index is -2.68. The summed E-state index contributed by atoms with van der Waals surface area (Å²) < 4.78 is 24.6. The van der Waals surface area contributed by atoms with Gasteiger partial charge in [-0.05, 0) is 28.3 Å².